The monoisotopic (exact) mass is 263 g/mol. The second-order valence-electron chi connectivity index (χ2n) is 4.62. The zero-order chi connectivity index (χ0) is 12.9. The van der Waals surface area contributed by atoms with E-state index >= 15 is 0 Å². The van der Waals surface area contributed by atoms with Crippen molar-refractivity contribution in [3.63, 3.8) is 0 Å². The quantitative estimate of drug-likeness (QED) is 0.732. The molecule has 0 aliphatic heterocycles. The molecule has 0 radical (unpaired) electrons. The molecule has 0 aromatic rings. The van der Waals surface area contributed by atoms with Crippen molar-refractivity contribution in [3.05, 3.63) is 0 Å². The zero-order valence-corrected chi connectivity index (χ0v) is 11.1. The fraction of sp³-hybridized carbons (Fsp3) is 0.909. The van der Waals surface area contributed by atoms with Gasteiger partial charge in [-0.1, -0.05) is 19.8 Å². The van der Waals surface area contributed by atoms with E-state index in [0.29, 0.717) is 19.3 Å². The molecule has 100 valence electrons. The molecule has 0 heterocycles. The highest BCUT2D eigenvalue weighted by atomic mass is 32.2. The summed E-state index contributed by atoms with van der Waals surface area (Å²) in [6.45, 7) is 1.90. The smallest absolute Gasteiger partial charge is 0.268 e. The van der Waals surface area contributed by atoms with E-state index < -0.39 is 21.6 Å². The number of hydrogen-bond donors (Lipinski definition) is 1. The molecule has 2 N–H and O–H groups in total. The van der Waals surface area contributed by atoms with Crippen LogP contribution in [0.15, 0.2) is 0 Å². The van der Waals surface area contributed by atoms with Gasteiger partial charge >= 0.3 is 0 Å². The predicted molar refractivity (Wildman–Crippen MR) is 64.8 cm³/mol. The number of rotatable bonds is 6. The third-order valence-electron chi connectivity index (χ3n) is 3.14. The number of carbonyl (C=O) groups is 1. The normalized spacial score (nSPS) is 20.1. The van der Waals surface area contributed by atoms with Gasteiger partial charge < -0.3 is 5.73 Å². The van der Waals surface area contributed by atoms with Crippen LogP contribution < -0.4 is 5.73 Å². The van der Waals surface area contributed by atoms with Crippen molar-refractivity contribution in [2.45, 2.75) is 57.5 Å². The highest BCUT2D eigenvalue weighted by Crippen LogP contribution is 2.33. The van der Waals surface area contributed by atoms with E-state index in [1.54, 1.807) is 0 Å². The van der Waals surface area contributed by atoms with E-state index in [0.717, 1.165) is 25.7 Å². The number of unbranched alkanes of at least 4 members (excludes halogenated alkanes) is 1. The lowest BCUT2D eigenvalue weighted by atomic mass is 9.84. The zero-order valence-electron chi connectivity index (χ0n) is 10.3. The van der Waals surface area contributed by atoms with Gasteiger partial charge in [-0.15, -0.1) is 0 Å². The SMILES string of the molecule is CCCCS(=O)(=O)OC1(C(N)=O)CCCCC1. The maximum absolute atomic E-state index is 11.7. The fourth-order valence-electron chi connectivity index (χ4n) is 2.10. The first-order chi connectivity index (χ1) is 7.92. The predicted octanol–water partition coefficient (Wildman–Crippen LogP) is 1.32. The van der Waals surface area contributed by atoms with Crippen molar-refractivity contribution in [3.8, 4) is 0 Å². The molecule has 1 aliphatic rings. The van der Waals surface area contributed by atoms with Crippen LogP contribution in [0.25, 0.3) is 0 Å². The summed E-state index contributed by atoms with van der Waals surface area (Å²) in [6, 6.07) is 0. The second kappa shape index (κ2) is 5.82. The Morgan fingerprint density at radius 2 is 1.88 bits per heavy atom. The van der Waals surface area contributed by atoms with Crippen LogP contribution in [0.3, 0.4) is 0 Å². The van der Waals surface area contributed by atoms with Gasteiger partial charge in [0, 0.05) is 0 Å². The molecule has 0 saturated heterocycles. The largest absolute Gasteiger partial charge is 0.367 e. The number of nitrogens with two attached hydrogens (primary N) is 1. The second-order valence-corrected chi connectivity index (χ2v) is 6.31. The number of primary amides is 1. The Balaban J connectivity index is 2.76. The molecule has 1 rings (SSSR count). The molecule has 1 aliphatic carbocycles. The summed E-state index contributed by atoms with van der Waals surface area (Å²) in [4.78, 5) is 11.5. The molecule has 0 bridgehead atoms. The molecule has 0 spiro atoms. The lowest BCUT2D eigenvalue weighted by molar-refractivity contribution is -0.135. The van der Waals surface area contributed by atoms with Crippen LogP contribution in [-0.2, 0) is 19.1 Å². The van der Waals surface area contributed by atoms with Crippen LogP contribution in [0.1, 0.15) is 51.9 Å². The first-order valence-corrected chi connectivity index (χ1v) is 7.73. The maximum atomic E-state index is 11.7. The number of carbonyl (C=O) groups excluding carboxylic acids is 1. The number of hydrogen-bond acceptors (Lipinski definition) is 4. The maximum Gasteiger partial charge on any atom is 0.268 e. The summed E-state index contributed by atoms with van der Waals surface area (Å²) in [5.41, 5.74) is 4.02. The molecule has 0 unspecified atom stereocenters. The molecular formula is C11H21NO4S. The van der Waals surface area contributed by atoms with Crippen LogP contribution in [0.2, 0.25) is 0 Å². The highest BCUT2D eigenvalue weighted by molar-refractivity contribution is 7.86. The van der Waals surface area contributed by atoms with Gasteiger partial charge in [-0.25, -0.2) is 0 Å². The van der Waals surface area contributed by atoms with Crippen LogP contribution in [0, 0.1) is 0 Å². The molecule has 5 nitrogen and oxygen atoms in total. The minimum absolute atomic E-state index is 0.0431. The van der Waals surface area contributed by atoms with Crippen molar-refractivity contribution in [2.75, 3.05) is 5.75 Å². The van der Waals surface area contributed by atoms with Crippen molar-refractivity contribution in [2.24, 2.45) is 5.73 Å². The molecule has 6 heteroatoms. The Kier molecular flexibility index (Phi) is 4.94. The third kappa shape index (κ3) is 3.96. The molecule has 1 saturated carbocycles. The lowest BCUT2D eigenvalue weighted by Gasteiger charge is -2.33. The molecule has 0 aromatic carbocycles. The summed E-state index contributed by atoms with van der Waals surface area (Å²) in [5, 5.41) is 0. The standard InChI is InChI=1S/C11H21NO4S/c1-2-3-9-17(14,15)16-11(10(12)13)7-5-4-6-8-11/h2-9H2,1H3,(H2,12,13). The van der Waals surface area contributed by atoms with E-state index in [2.05, 4.69) is 0 Å². The number of amides is 1. The highest BCUT2D eigenvalue weighted by Gasteiger charge is 2.42. The van der Waals surface area contributed by atoms with Gasteiger partial charge in [-0.2, -0.15) is 8.42 Å². The van der Waals surface area contributed by atoms with Gasteiger partial charge in [0.25, 0.3) is 16.0 Å². The van der Waals surface area contributed by atoms with Crippen LogP contribution >= 0.6 is 0 Å². The Labute approximate surface area is 103 Å². The van der Waals surface area contributed by atoms with Crippen molar-refractivity contribution in [1.82, 2.24) is 0 Å². The van der Waals surface area contributed by atoms with Gasteiger partial charge in [-0.05, 0) is 32.1 Å². The Bertz CT molecular complexity index is 358. The van der Waals surface area contributed by atoms with Gasteiger partial charge in [0.15, 0.2) is 5.60 Å². The minimum atomic E-state index is -3.65. The summed E-state index contributed by atoms with van der Waals surface area (Å²) < 4.78 is 28.6. The average Bonchev–Trinajstić information content (AvgIpc) is 2.27. The fourth-order valence-corrected chi connectivity index (χ4v) is 3.56. The third-order valence-corrected chi connectivity index (χ3v) is 4.51. The molecule has 1 fully saturated rings. The van der Waals surface area contributed by atoms with Crippen LogP contribution in [-0.4, -0.2) is 25.7 Å². The minimum Gasteiger partial charge on any atom is -0.367 e. The van der Waals surface area contributed by atoms with E-state index in [4.69, 9.17) is 9.92 Å². The van der Waals surface area contributed by atoms with Gasteiger partial charge in [-0.3, -0.25) is 8.98 Å². The topological polar surface area (TPSA) is 86.5 Å². The van der Waals surface area contributed by atoms with E-state index in [9.17, 15) is 13.2 Å². The molecule has 0 aromatic heterocycles. The molecular weight excluding hydrogens is 242 g/mol. The van der Waals surface area contributed by atoms with Crippen LogP contribution in [0.5, 0.6) is 0 Å². The Morgan fingerprint density at radius 1 is 1.29 bits per heavy atom. The summed E-state index contributed by atoms with van der Waals surface area (Å²) in [7, 11) is -3.65. The summed E-state index contributed by atoms with van der Waals surface area (Å²) in [6.07, 6.45) is 4.69. The first kappa shape index (κ1) is 14.4. The van der Waals surface area contributed by atoms with E-state index in [1.165, 1.54) is 0 Å². The molecule has 17 heavy (non-hydrogen) atoms. The summed E-state index contributed by atoms with van der Waals surface area (Å²) >= 11 is 0. The van der Waals surface area contributed by atoms with Gasteiger partial charge in [0.05, 0.1) is 5.75 Å². The van der Waals surface area contributed by atoms with Crippen molar-refractivity contribution in [1.29, 1.82) is 0 Å². The average molecular weight is 263 g/mol. The van der Waals surface area contributed by atoms with E-state index in [1.807, 2.05) is 6.92 Å². The molecule has 1 amide bonds. The van der Waals surface area contributed by atoms with Crippen molar-refractivity contribution >= 4 is 16.0 Å². The Morgan fingerprint density at radius 3 is 2.35 bits per heavy atom. The van der Waals surface area contributed by atoms with Gasteiger partial charge in [0.2, 0.25) is 0 Å². The lowest BCUT2D eigenvalue weighted by Crippen LogP contribution is -2.49. The van der Waals surface area contributed by atoms with Gasteiger partial charge in [0.1, 0.15) is 0 Å². The molecule has 0 atom stereocenters. The van der Waals surface area contributed by atoms with Crippen LogP contribution in [0.4, 0.5) is 0 Å². The van der Waals surface area contributed by atoms with E-state index in [-0.39, 0.29) is 5.75 Å². The first-order valence-electron chi connectivity index (χ1n) is 6.15. The van der Waals surface area contributed by atoms with Crippen molar-refractivity contribution < 1.29 is 17.4 Å². The summed E-state index contributed by atoms with van der Waals surface area (Å²) in [5.74, 6) is -0.698. The Hall–Kier alpha value is -0.620.